The maximum atomic E-state index is 10.2. The molecule has 3 nitrogen and oxygen atoms in total. The zero-order valence-electron chi connectivity index (χ0n) is 4.68. The maximum Gasteiger partial charge on any atom is 0.334 e. The van der Waals surface area contributed by atoms with Gasteiger partial charge in [-0.1, -0.05) is 0 Å². The van der Waals surface area contributed by atoms with Crippen LogP contribution in [0.2, 0.25) is 0 Å². The number of hydroxylamine groups is 1. The Bertz CT molecular complexity index is 76.4. The topological polar surface area (TPSA) is 38.3 Å². The lowest BCUT2D eigenvalue weighted by Gasteiger charge is -1.97. The van der Waals surface area contributed by atoms with E-state index in [4.69, 9.17) is 0 Å². The number of carbonyl (C=O) groups is 1. The molecule has 0 saturated carbocycles. The van der Waals surface area contributed by atoms with Crippen molar-refractivity contribution in [1.82, 2.24) is 5.48 Å². The predicted octanol–water partition coefficient (Wildman–Crippen LogP) is -0.0161. The van der Waals surface area contributed by atoms with Crippen molar-refractivity contribution >= 4 is 18.6 Å². The summed E-state index contributed by atoms with van der Waals surface area (Å²) in [6, 6.07) is 0. The number of rotatable bonds is 3. The third kappa shape index (κ3) is 3.95. The molecule has 0 aromatic heterocycles. The minimum Gasteiger partial charge on any atom is -0.370 e. The fraction of sp³-hybridized carbons (Fsp3) is 0.750. The minimum atomic E-state index is -0.352. The smallest absolute Gasteiger partial charge is 0.334 e. The maximum absolute atomic E-state index is 10.2. The highest BCUT2D eigenvalue weighted by Crippen LogP contribution is 1.75. The molecule has 0 amide bonds. The van der Waals surface area contributed by atoms with Gasteiger partial charge >= 0.3 is 5.97 Å². The van der Waals surface area contributed by atoms with Crippen molar-refractivity contribution in [3.05, 3.63) is 0 Å². The Kier molecular flexibility index (Phi) is 4.79. The van der Waals surface area contributed by atoms with Crippen LogP contribution < -0.4 is 5.48 Å². The number of hydrogen-bond donors (Lipinski definition) is 2. The van der Waals surface area contributed by atoms with Crippen LogP contribution in [-0.2, 0) is 9.63 Å². The van der Waals surface area contributed by atoms with Crippen LogP contribution in [-0.4, -0.2) is 18.3 Å². The Morgan fingerprint density at radius 2 is 2.50 bits per heavy atom. The first kappa shape index (κ1) is 7.78. The number of carbonyl (C=O) groups excluding carboxylic acids is 1. The van der Waals surface area contributed by atoms with Gasteiger partial charge in [0.05, 0.1) is 5.75 Å². The molecule has 0 rings (SSSR count). The van der Waals surface area contributed by atoms with E-state index >= 15 is 0 Å². The molecule has 8 heavy (non-hydrogen) atoms. The Balaban J connectivity index is 2.99. The van der Waals surface area contributed by atoms with Crippen molar-refractivity contribution in [2.45, 2.75) is 6.92 Å². The molecule has 48 valence electrons. The van der Waals surface area contributed by atoms with Crippen LogP contribution in [0.3, 0.4) is 0 Å². The quantitative estimate of drug-likeness (QED) is 0.422. The predicted molar refractivity (Wildman–Crippen MR) is 33.6 cm³/mol. The second kappa shape index (κ2) is 4.93. The van der Waals surface area contributed by atoms with Gasteiger partial charge in [-0.2, -0.15) is 18.1 Å². The standard InChI is InChI=1S/C4H9NO2S/c1-2-5-7-4(6)3-8/h5,8H,2-3H2,1H3. The first-order chi connectivity index (χ1) is 3.81. The molecule has 1 N–H and O–H groups in total. The molecule has 0 bridgehead atoms. The van der Waals surface area contributed by atoms with Crippen LogP contribution in [0.4, 0.5) is 0 Å². The number of thiol groups is 1. The van der Waals surface area contributed by atoms with E-state index in [9.17, 15) is 4.79 Å². The third-order valence-corrected chi connectivity index (χ3v) is 0.718. The van der Waals surface area contributed by atoms with Gasteiger partial charge < -0.3 is 4.84 Å². The zero-order valence-corrected chi connectivity index (χ0v) is 5.57. The summed E-state index contributed by atoms with van der Waals surface area (Å²) in [5.41, 5.74) is 2.40. The first-order valence-corrected chi connectivity index (χ1v) is 2.98. The van der Waals surface area contributed by atoms with Gasteiger partial charge in [-0.15, -0.1) is 0 Å². The monoisotopic (exact) mass is 135 g/mol. The van der Waals surface area contributed by atoms with E-state index in [0.29, 0.717) is 6.54 Å². The molecule has 0 unspecified atom stereocenters. The number of hydrogen-bond acceptors (Lipinski definition) is 4. The van der Waals surface area contributed by atoms with E-state index < -0.39 is 0 Å². The van der Waals surface area contributed by atoms with Gasteiger partial charge in [-0.05, 0) is 6.92 Å². The lowest BCUT2D eigenvalue weighted by molar-refractivity contribution is -0.147. The van der Waals surface area contributed by atoms with E-state index in [1.165, 1.54) is 0 Å². The van der Waals surface area contributed by atoms with Crippen molar-refractivity contribution in [2.75, 3.05) is 12.3 Å². The van der Waals surface area contributed by atoms with Crippen molar-refractivity contribution in [1.29, 1.82) is 0 Å². The Morgan fingerprint density at radius 3 is 2.88 bits per heavy atom. The third-order valence-electron chi connectivity index (χ3n) is 0.459. The zero-order chi connectivity index (χ0) is 6.41. The molecule has 0 spiro atoms. The van der Waals surface area contributed by atoms with Gasteiger partial charge in [0, 0.05) is 6.54 Å². The Hall–Kier alpha value is -0.220. The first-order valence-electron chi connectivity index (χ1n) is 2.34. The molecule has 0 aliphatic rings. The average Bonchev–Trinajstić information content (AvgIpc) is 1.83. The lowest BCUT2D eigenvalue weighted by atomic mass is 10.8. The summed E-state index contributed by atoms with van der Waals surface area (Å²) in [6.07, 6.45) is 0. The van der Waals surface area contributed by atoms with Gasteiger partial charge in [0.1, 0.15) is 0 Å². The van der Waals surface area contributed by atoms with E-state index in [1.807, 2.05) is 6.92 Å². The van der Waals surface area contributed by atoms with E-state index in [0.717, 1.165) is 0 Å². The molecule has 0 atom stereocenters. The molecule has 0 aromatic carbocycles. The summed E-state index contributed by atoms with van der Waals surface area (Å²) >= 11 is 3.67. The Labute approximate surface area is 53.8 Å². The molecule has 0 saturated heterocycles. The second-order valence-electron chi connectivity index (χ2n) is 1.13. The molecule has 0 aliphatic carbocycles. The van der Waals surface area contributed by atoms with Gasteiger partial charge in [0.2, 0.25) is 0 Å². The van der Waals surface area contributed by atoms with Crippen LogP contribution >= 0.6 is 12.6 Å². The fourth-order valence-corrected chi connectivity index (χ4v) is 0.249. The molecule has 0 radical (unpaired) electrons. The van der Waals surface area contributed by atoms with Crippen LogP contribution in [0.1, 0.15) is 6.92 Å². The van der Waals surface area contributed by atoms with Crippen molar-refractivity contribution in [3.63, 3.8) is 0 Å². The van der Waals surface area contributed by atoms with Gasteiger partial charge in [0.25, 0.3) is 0 Å². The lowest BCUT2D eigenvalue weighted by Crippen LogP contribution is -2.19. The highest BCUT2D eigenvalue weighted by atomic mass is 32.1. The second-order valence-corrected chi connectivity index (χ2v) is 1.45. The van der Waals surface area contributed by atoms with Crippen LogP contribution in [0.25, 0.3) is 0 Å². The van der Waals surface area contributed by atoms with Crippen molar-refractivity contribution in [3.8, 4) is 0 Å². The average molecular weight is 135 g/mol. The highest BCUT2D eigenvalue weighted by Gasteiger charge is 1.94. The summed E-state index contributed by atoms with van der Waals surface area (Å²) in [6.45, 7) is 2.46. The molecule has 0 aliphatic heterocycles. The molecule has 0 aromatic rings. The molecule has 0 fully saturated rings. The summed E-state index contributed by atoms with van der Waals surface area (Å²) in [5.74, 6) is -0.234. The minimum absolute atomic E-state index is 0.118. The summed E-state index contributed by atoms with van der Waals surface area (Å²) < 4.78 is 0. The highest BCUT2D eigenvalue weighted by molar-refractivity contribution is 7.81. The van der Waals surface area contributed by atoms with Crippen LogP contribution in [0.5, 0.6) is 0 Å². The molecule has 0 heterocycles. The van der Waals surface area contributed by atoms with Gasteiger partial charge in [-0.25, -0.2) is 4.79 Å². The summed E-state index contributed by atoms with van der Waals surface area (Å²) in [4.78, 5) is 14.6. The largest absolute Gasteiger partial charge is 0.370 e. The van der Waals surface area contributed by atoms with Gasteiger partial charge in [-0.3, -0.25) is 0 Å². The van der Waals surface area contributed by atoms with Crippen molar-refractivity contribution in [2.24, 2.45) is 0 Å². The Morgan fingerprint density at radius 1 is 1.88 bits per heavy atom. The van der Waals surface area contributed by atoms with E-state index in [1.54, 1.807) is 0 Å². The number of nitrogens with one attached hydrogen (secondary N) is 1. The van der Waals surface area contributed by atoms with Crippen LogP contribution in [0, 0.1) is 0 Å². The van der Waals surface area contributed by atoms with E-state index in [2.05, 4.69) is 22.9 Å². The van der Waals surface area contributed by atoms with E-state index in [-0.39, 0.29) is 11.7 Å². The van der Waals surface area contributed by atoms with Crippen molar-refractivity contribution < 1.29 is 9.63 Å². The fourth-order valence-electron chi connectivity index (χ4n) is 0.185. The molecular formula is C4H9NO2S. The summed E-state index contributed by atoms with van der Waals surface area (Å²) in [7, 11) is 0. The normalized spacial score (nSPS) is 8.75. The molecule has 4 heteroatoms. The summed E-state index contributed by atoms with van der Waals surface area (Å²) in [5, 5.41) is 0. The SMILES string of the molecule is CCNOC(=O)CS. The van der Waals surface area contributed by atoms with Gasteiger partial charge in [0.15, 0.2) is 0 Å². The molecular weight excluding hydrogens is 126 g/mol. The van der Waals surface area contributed by atoms with Crippen LogP contribution in [0.15, 0.2) is 0 Å².